The highest BCUT2D eigenvalue weighted by Crippen LogP contribution is 2.31. The number of alkyl halides is 3. The fourth-order valence-electron chi connectivity index (χ4n) is 2.59. The quantitative estimate of drug-likeness (QED) is 0.772. The number of nitrogens with zero attached hydrogens (tertiary/aromatic N) is 3. The number of imidazole rings is 1. The number of carbonyl (C=O) groups is 1. The van der Waals surface area contributed by atoms with Crippen molar-refractivity contribution < 1.29 is 18.0 Å². The second kappa shape index (κ2) is 6.88. The summed E-state index contributed by atoms with van der Waals surface area (Å²) in [4.78, 5) is 15.8. The molecule has 3 aromatic rings. The van der Waals surface area contributed by atoms with Crippen molar-refractivity contribution in [1.82, 2.24) is 9.55 Å². The van der Waals surface area contributed by atoms with Crippen LogP contribution in [0.3, 0.4) is 0 Å². The van der Waals surface area contributed by atoms with Gasteiger partial charge in [-0.2, -0.15) is 18.4 Å². The van der Waals surface area contributed by atoms with Gasteiger partial charge in [-0.3, -0.25) is 4.79 Å². The summed E-state index contributed by atoms with van der Waals surface area (Å²) in [5.41, 5.74) is 1.63. The number of amides is 1. The van der Waals surface area contributed by atoms with Crippen molar-refractivity contribution in [1.29, 1.82) is 5.26 Å². The van der Waals surface area contributed by atoms with E-state index in [9.17, 15) is 18.0 Å². The van der Waals surface area contributed by atoms with E-state index in [-0.39, 0.29) is 17.5 Å². The zero-order chi connectivity index (χ0) is 18.7. The third-order valence-electron chi connectivity index (χ3n) is 3.73. The standard InChI is InChI=1S/C18H13F3N4O/c19-18(20,21)17-24-14-3-1-2-4-15(14)25(17)11-16(26)23-13-7-5-12(6-8-13)9-10-22/h1-8H,9,11H2,(H,23,26). The molecule has 1 N–H and O–H groups in total. The van der Waals surface area contributed by atoms with Gasteiger partial charge in [-0.1, -0.05) is 24.3 Å². The highest BCUT2D eigenvalue weighted by Gasteiger charge is 2.37. The minimum Gasteiger partial charge on any atom is -0.325 e. The van der Waals surface area contributed by atoms with E-state index in [2.05, 4.69) is 10.3 Å². The average Bonchev–Trinajstić information content (AvgIpc) is 2.96. The van der Waals surface area contributed by atoms with Crippen molar-refractivity contribution in [3.8, 4) is 6.07 Å². The Hall–Kier alpha value is -3.34. The van der Waals surface area contributed by atoms with E-state index in [1.807, 2.05) is 6.07 Å². The average molecular weight is 358 g/mol. The molecule has 26 heavy (non-hydrogen) atoms. The summed E-state index contributed by atoms with van der Waals surface area (Å²) in [5.74, 6) is -1.72. The van der Waals surface area contributed by atoms with E-state index in [0.717, 1.165) is 10.1 Å². The summed E-state index contributed by atoms with van der Waals surface area (Å²) in [6.45, 7) is -0.519. The lowest BCUT2D eigenvalue weighted by Crippen LogP contribution is -2.23. The number of aromatic nitrogens is 2. The predicted octanol–water partition coefficient (Wildman–Crippen LogP) is 3.76. The van der Waals surface area contributed by atoms with Crippen LogP contribution in [-0.2, 0) is 23.9 Å². The normalized spacial score (nSPS) is 11.3. The lowest BCUT2D eigenvalue weighted by Gasteiger charge is -2.12. The Morgan fingerprint density at radius 2 is 1.85 bits per heavy atom. The van der Waals surface area contributed by atoms with Crippen molar-refractivity contribution in [2.45, 2.75) is 19.1 Å². The molecule has 0 unspecified atom stereocenters. The van der Waals surface area contributed by atoms with Gasteiger partial charge in [0.2, 0.25) is 11.7 Å². The maximum atomic E-state index is 13.2. The molecule has 132 valence electrons. The Balaban J connectivity index is 1.84. The maximum absolute atomic E-state index is 13.2. The first-order valence-electron chi connectivity index (χ1n) is 7.66. The Kier molecular flexibility index (Phi) is 4.63. The molecule has 0 bridgehead atoms. The second-order valence-corrected chi connectivity index (χ2v) is 5.59. The van der Waals surface area contributed by atoms with Gasteiger partial charge in [0.25, 0.3) is 0 Å². The minimum absolute atomic E-state index is 0.175. The molecule has 0 aliphatic carbocycles. The van der Waals surface area contributed by atoms with E-state index in [4.69, 9.17) is 5.26 Å². The van der Waals surface area contributed by atoms with Gasteiger partial charge in [0.15, 0.2) is 0 Å². The lowest BCUT2D eigenvalue weighted by atomic mass is 10.1. The van der Waals surface area contributed by atoms with Crippen molar-refractivity contribution in [2.24, 2.45) is 0 Å². The number of fused-ring (bicyclic) bond motifs is 1. The van der Waals surface area contributed by atoms with Crippen LogP contribution in [0.15, 0.2) is 48.5 Å². The zero-order valence-electron chi connectivity index (χ0n) is 13.4. The highest BCUT2D eigenvalue weighted by atomic mass is 19.4. The summed E-state index contributed by atoms with van der Waals surface area (Å²) < 4.78 is 40.6. The van der Waals surface area contributed by atoms with Crippen LogP contribution in [0.5, 0.6) is 0 Å². The number of para-hydroxylation sites is 2. The summed E-state index contributed by atoms with van der Waals surface area (Å²) in [6, 6.07) is 14.7. The molecule has 2 aromatic carbocycles. The largest absolute Gasteiger partial charge is 0.449 e. The Bertz CT molecular complexity index is 984. The first-order valence-corrected chi connectivity index (χ1v) is 7.66. The monoisotopic (exact) mass is 358 g/mol. The fourth-order valence-corrected chi connectivity index (χ4v) is 2.59. The number of nitrogens with one attached hydrogen (secondary N) is 1. The van der Waals surface area contributed by atoms with Crippen LogP contribution in [0.25, 0.3) is 11.0 Å². The third kappa shape index (κ3) is 3.67. The molecule has 0 aliphatic heterocycles. The van der Waals surface area contributed by atoms with Gasteiger partial charge in [-0.25, -0.2) is 4.98 Å². The SMILES string of the molecule is N#CCc1ccc(NC(=O)Cn2c(C(F)(F)F)nc3ccccc32)cc1. The number of anilines is 1. The van der Waals surface area contributed by atoms with Gasteiger partial charge in [0.1, 0.15) is 6.54 Å². The summed E-state index contributed by atoms with van der Waals surface area (Å²) >= 11 is 0. The van der Waals surface area contributed by atoms with E-state index in [1.54, 1.807) is 36.4 Å². The van der Waals surface area contributed by atoms with Gasteiger partial charge in [0, 0.05) is 5.69 Å². The van der Waals surface area contributed by atoms with Crippen LogP contribution in [0, 0.1) is 11.3 Å². The van der Waals surface area contributed by atoms with Crippen LogP contribution < -0.4 is 5.32 Å². The maximum Gasteiger partial charge on any atom is 0.449 e. The van der Waals surface area contributed by atoms with E-state index in [0.29, 0.717) is 5.69 Å². The van der Waals surface area contributed by atoms with Gasteiger partial charge >= 0.3 is 6.18 Å². The highest BCUT2D eigenvalue weighted by molar-refractivity contribution is 5.91. The van der Waals surface area contributed by atoms with Gasteiger partial charge < -0.3 is 9.88 Å². The van der Waals surface area contributed by atoms with Crippen LogP contribution in [-0.4, -0.2) is 15.5 Å². The van der Waals surface area contributed by atoms with E-state index in [1.165, 1.54) is 12.1 Å². The number of rotatable bonds is 4. The molecule has 3 rings (SSSR count). The van der Waals surface area contributed by atoms with Crippen molar-refractivity contribution >= 4 is 22.6 Å². The number of hydrogen-bond donors (Lipinski definition) is 1. The fraction of sp³-hybridized carbons (Fsp3) is 0.167. The Morgan fingerprint density at radius 3 is 2.50 bits per heavy atom. The predicted molar refractivity (Wildman–Crippen MR) is 89.1 cm³/mol. The molecule has 0 radical (unpaired) electrons. The van der Waals surface area contributed by atoms with Crippen LogP contribution in [0.4, 0.5) is 18.9 Å². The van der Waals surface area contributed by atoms with Crippen molar-refractivity contribution in [3.05, 3.63) is 59.9 Å². The minimum atomic E-state index is -4.67. The zero-order valence-corrected chi connectivity index (χ0v) is 13.4. The van der Waals surface area contributed by atoms with Crippen molar-refractivity contribution in [3.63, 3.8) is 0 Å². The molecular formula is C18H13F3N4O. The molecule has 1 amide bonds. The van der Waals surface area contributed by atoms with Crippen molar-refractivity contribution in [2.75, 3.05) is 5.32 Å². The molecule has 0 aliphatic rings. The molecule has 0 saturated carbocycles. The van der Waals surface area contributed by atoms with E-state index >= 15 is 0 Å². The molecule has 5 nitrogen and oxygen atoms in total. The Labute approximate surface area is 146 Å². The summed E-state index contributed by atoms with van der Waals surface area (Å²) in [5, 5.41) is 11.2. The molecule has 1 aromatic heterocycles. The first-order chi connectivity index (χ1) is 12.4. The molecule has 8 heteroatoms. The van der Waals surface area contributed by atoms with Crippen LogP contribution in [0.1, 0.15) is 11.4 Å². The van der Waals surface area contributed by atoms with Gasteiger partial charge in [-0.15, -0.1) is 0 Å². The molecular weight excluding hydrogens is 345 g/mol. The lowest BCUT2D eigenvalue weighted by molar-refractivity contribution is -0.147. The number of hydrogen-bond acceptors (Lipinski definition) is 3. The smallest absolute Gasteiger partial charge is 0.325 e. The van der Waals surface area contributed by atoms with Crippen LogP contribution in [0.2, 0.25) is 0 Å². The second-order valence-electron chi connectivity index (χ2n) is 5.59. The summed E-state index contributed by atoms with van der Waals surface area (Å²) in [6.07, 6.45) is -4.43. The number of benzene rings is 2. The third-order valence-corrected chi connectivity index (χ3v) is 3.73. The number of carbonyl (C=O) groups excluding carboxylic acids is 1. The van der Waals surface area contributed by atoms with Gasteiger partial charge in [-0.05, 0) is 29.8 Å². The molecule has 0 saturated heterocycles. The summed E-state index contributed by atoms with van der Waals surface area (Å²) in [7, 11) is 0. The van der Waals surface area contributed by atoms with Crippen LogP contribution >= 0.6 is 0 Å². The first kappa shape index (κ1) is 17.5. The molecule has 0 fully saturated rings. The Morgan fingerprint density at radius 1 is 1.15 bits per heavy atom. The van der Waals surface area contributed by atoms with Gasteiger partial charge in [0.05, 0.1) is 23.5 Å². The molecule has 0 atom stereocenters. The number of nitriles is 1. The molecule has 0 spiro atoms. The topological polar surface area (TPSA) is 70.7 Å². The number of halogens is 3. The molecule has 1 heterocycles. The van der Waals surface area contributed by atoms with E-state index < -0.39 is 24.5 Å².